The monoisotopic (exact) mass is 224 g/mol. The summed E-state index contributed by atoms with van der Waals surface area (Å²) in [6, 6.07) is 1.28. The highest BCUT2D eigenvalue weighted by Crippen LogP contribution is 2.13. The highest BCUT2D eigenvalue weighted by molar-refractivity contribution is 4.88. The van der Waals surface area contributed by atoms with E-state index < -0.39 is 0 Å². The van der Waals surface area contributed by atoms with E-state index in [1.54, 1.807) is 0 Å². The van der Waals surface area contributed by atoms with Crippen molar-refractivity contribution in [2.75, 3.05) is 6.54 Å². The SMILES string of the molecule is CC(CC1CCCN1)NC(C)c1nn[nH]n1. The number of nitrogens with one attached hydrogen (secondary N) is 3. The molecule has 0 aliphatic carbocycles. The minimum absolute atomic E-state index is 0.148. The average Bonchev–Trinajstić information content (AvgIpc) is 2.88. The summed E-state index contributed by atoms with van der Waals surface area (Å²) in [6.07, 6.45) is 3.75. The van der Waals surface area contributed by atoms with E-state index in [1.807, 2.05) is 0 Å². The summed E-state index contributed by atoms with van der Waals surface area (Å²) < 4.78 is 0. The molecule has 3 N–H and O–H groups in total. The lowest BCUT2D eigenvalue weighted by molar-refractivity contribution is 0.400. The zero-order valence-corrected chi connectivity index (χ0v) is 9.90. The van der Waals surface area contributed by atoms with Gasteiger partial charge in [-0.3, -0.25) is 0 Å². The van der Waals surface area contributed by atoms with Gasteiger partial charge in [-0.05, 0) is 39.7 Å². The van der Waals surface area contributed by atoms with E-state index in [1.165, 1.54) is 12.8 Å². The Bertz CT molecular complexity index is 292. The quantitative estimate of drug-likeness (QED) is 0.674. The van der Waals surface area contributed by atoms with Gasteiger partial charge in [-0.25, -0.2) is 0 Å². The smallest absolute Gasteiger partial charge is 0.191 e. The van der Waals surface area contributed by atoms with Crippen LogP contribution in [0.1, 0.15) is 45.0 Å². The van der Waals surface area contributed by atoms with Crippen molar-refractivity contribution in [1.29, 1.82) is 0 Å². The van der Waals surface area contributed by atoms with Crippen molar-refractivity contribution in [3.63, 3.8) is 0 Å². The van der Waals surface area contributed by atoms with Crippen LogP contribution >= 0.6 is 0 Å². The molecule has 2 heterocycles. The van der Waals surface area contributed by atoms with Crippen LogP contribution < -0.4 is 10.6 Å². The number of tetrazole rings is 1. The predicted octanol–water partition coefficient (Wildman–Crippen LogP) is 0.381. The lowest BCUT2D eigenvalue weighted by Crippen LogP contribution is -2.35. The Balaban J connectivity index is 1.75. The molecule has 1 saturated heterocycles. The van der Waals surface area contributed by atoms with Gasteiger partial charge in [0.2, 0.25) is 0 Å². The summed E-state index contributed by atoms with van der Waals surface area (Å²) >= 11 is 0. The lowest BCUT2D eigenvalue weighted by atomic mass is 10.1. The third-order valence-electron chi connectivity index (χ3n) is 3.08. The number of rotatable bonds is 5. The molecular formula is C10H20N6. The van der Waals surface area contributed by atoms with E-state index in [9.17, 15) is 0 Å². The number of hydrogen-bond acceptors (Lipinski definition) is 5. The molecule has 0 amide bonds. The van der Waals surface area contributed by atoms with Gasteiger partial charge in [0.15, 0.2) is 5.82 Å². The summed E-state index contributed by atoms with van der Waals surface area (Å²) in [5.41, 5.74) is 0. The molecule has 0 aromatic carbocycles. The molecule has 6 nitrogen and oxygen atoms in total. The molecule has 6 heteroatoms. The van der Waals surface area contributed by atoms with Crippen molar-refractivity contribution in [3.05, 3.63) is 5.82 Å². The Morgan fingerprint density at radius 1 is 1.50 bits per heavy atom. The van der Waals surface area contributed by atoms with Crippen LogP contribution in [-0.4, -0.2) is 39.3 Å². The fourth-order valence-electron chi connectivity index (χ4n) is 2.31. The van der Waals surface area contributed by atoms with Crippen LogP contribution in [0.5, 0.6) is 0 Å². The molecule has 3 atom stereocenters. The van der Waals surface area contributed by atoms with Gasteiger partial charge in [-0.1, -0.05) is 5.21 Å². The van der Waals surface area contributed by atoms with Gasteiger partial charge < -0.3 is 10.6 Å². The molecule has 16 heavy (non-hydrogen) atoms. The second kappa shape index (κ2) is 5.36. The average molecular weight is 224 g/mol. The number of nitrogens with zero attached hydrogens (tertiary/aromatic N) is 3. The van der Waals surface area contributed by atoms with Crippen LogP contribution in [0.2, 0.25) is 0 Å². The molecule has 2 rings (SSSR count). The first-order chi connectivity index (χ1) is 7.75. The largest absolute Gasteiger partial charge is 0.314 e. The van der Waals surface area contributed by atoms with Crippen molar-refractivity contribution < 1.29 is 0 Å². The van der Waals surface area contributed by atoms with Crippen LogP contribution in [0.15, 0.2) is 0 Å². The summed E-state index contributed by atoms with van der Waals surface area (Å²) in [4.78, 5) is 0. The van der Waals surface area contributed by atoms with Gasteiger partial charge in [0.1, 0.15) is 0 Å². The number of aromatic amines is 1. The number of aromatic nitrogens is 4. The fourth-order valence-corrected chi connectivity index (χ4v) is 2.31. The van der Waals surface area contributed by atoms with Gasteiger partial charge in [0, 0.05) is 12.1 Å². The fraction of sp³-hybridized carbons (Fsp3) is 0.900. The van der Waals surface area contributed by atoms with Gasteiger partial charge in [0.05, 0.1) is 6.04 Å². The molecule has 0 radical (unpaired) electrons. The maximum atomic E-state index is 3.98. The topological polar surface area (TPSA) is 78.5 Å². The molecule has 0 saturated carbocycles. The Hall–Kier alpha value is -1.01. The molecule has 1 aliphatic rings. The van der Waals surface area contributed by atoms with E-state index in [2.05, 4.69) is 45.1 Å². The molecule has 1 fully saturated rings. The first-order valence-corrected chi connectivity index (χ1v) is 5.98. The number of H-pyrrole nitrogens is 1. The van der Waals surface area contributed by atoms with Crippen LogP contribution in [0.4, 0.5) is 0 Å². The molecule has 3 unspecified atom stereocenters. The normalized spacial score (nSPS) is 24.5. The second-order valence-corrected chi connectivity index (χ2v) is 4.59. The second-order valence-electron chi connectivity index (χ2n) is 4.59. The maximum absolute atomic E-state index is 3.98. The molecule has 0 bridgehead atoms. The van der Waals surface area contributed by atoms with E-state index >= 15 is 0 Å². The van der Waals surface area contributed by atoms with E-state index in [-0.39, 0.29) is 6.04 Å². The molecule has 0 spiro atoms. The summed E-state index contributed by atoms with van der Waals surface area (Å²) in [5, 5.41) is 21.0. The molecule has 1 aliphatic heterocycles. The van der Waals surface area contributed by atoms with E-state index in [0.717, 1.165) is 18.8 Å². The van der Waals surface area contributed by atoms with Crippen molar-refractivity contribution in [2.45, 2.75) is 51.2 Å². The highest BCUT2D eigenvalue weighted by Gasteiger charge is 2.19. The van der Waals surface area contributed by atoms with Crippen molar-refractivity contribution in [1.82, 2.24) is 31.3 Å². The van der Waals surface area contributed by atoms with Crippen LogP contribution in [0.25, 0.3) is 0 Å². The van der Waals surface area contributed by atoms with Crippen LogP contribution in [-0.2, 0) is 0 Å². The van der Waals surface area contributed by atoms with Crippen LogP contribution in [0, 0.1) is 0 Å². The van der Waals surface area contributed by atoms with Crippen molar-refractivity contribution in [2.24, 2.45) is 0 Å². The summed E-state index contributed by atoms with van der Waals surface area (Å²) in [7, 11) is 0. The third kappa shape index (κ3) is 2.99. The number of hydrogen-bond donors (Lipinski definition) is 3. The minimum Gasteiger partial charge on any atom is -0.314 e. The van der Waals surface area contributed by atoms with Gasteiger partial charge in [-0.2, -0.15) is 5.21 Å². The standard InChI is InChI=1S/C10H20N6/c1-7(6-9-4-3-5-11-9)12-8(2)10-13-15-16-14-10/h7-9,11-12H,3-6H2,1-2H3,(H,13,14,15,16). The Labute approximate surface area is 95.6 Å². The first kappa shape index (κ1) is 11.5. The Morgan fingerprint density at radius 3 is 3.00 bits per heavy atom. The van der Waals surface area contributed by atoms with Crippen LogP contribution in [0.3, 0.4) is 0 Å². The lowest BCUT2D eigenvalue weighted by Gasteiger charge is -2.20. The molecule has 1 aromatic heterocycles. The van der Waals surface area contributed by atoms with Gasteiger partial charge >= 0.3 is 0 Å². The predicted molar refractivity (Wildman–Crippen MR) is 60.8 cm³/mol. The van der Waals surface area contributed by atoms with Crippen molar-refractivity contribution >= 4 is 0 Å². The summed E-state index contributed by atoms with van der Waals surface area (Å²) in [6.45, 7) is 5.43. The van der Waals surface area contributed by atoms with E-state index in [4.69, 9.17) is 0 Å². The Kier molecular flexibility index (Phi) is 3.84. The highest BCUT2D eigenvalue weighted by atomic mass is 15.5. The third-order valence-corrected chi connectivity index (χ3v) is 3.08. The van der Waals surface area contributed by atoms with E-state index in [0.29, 0.717) is 12.1 Å². The maximum Gasteiger partial charge on any atom is 0.191 e. The summed E-state index contributed by atoms with van der Waals surface area (Å²) in [5.74, 6) is 0.728. The van der Waals surface area contributed by atoms with Crippen molar-refractivity contribution in [3.8, 4) is 0 Å². The van der Waals surface area contributed by atoms with Gasteiger partial charge in [-0.15, -0.1) is 10.2 Å². The molecule has 1 aromatic rings. The first-order valence-electron chi connectivity index (χ1n) is 5.98. The Morgan fingerprint density at radius 2 is 2.38 bits per heavy atom. The minimum atomic E-state index is 0.148. The zero-order chi connectivity index (χ0) is 11.4. The molecule has 90 valence electrons. The van der Waals surface area contributed by atoms with Gasteiger partial charge in [0.25, 0.3) is 0 Å². The zero-order valence-electron chi connectivity index (χ0n) is 9.90. The molecular weight excluding hydrogens is 204 g/mol.